The molecule has 1 N–H and O–H groups in total. The maximum atomic E-state index is 13.2. The number of amides is 3. The highest BCUT2D eigenvalue weighted by Crippen LogP contribution is 2.30. The summed E-state index contributed by atoms with van der Waals surface area (Å²) in [7, 11) is -4.00. The zero-order chi connectivity index (χ0) is 25.1. The monoisotopic (exact) mass is 485 g/mol. The SMILES string of the molecule is C[C@H](C(=O)NC(C)(C)C)N(CCc1ccccc1)C(=O)CCN1C(=O)c2ccccc2S1(=O)=O. The number of nitrogens with zero attached hydrogens (tertiary/aromatic N) is 2. The first-order valence-corrected chi connectivity index (χ1v) is 12.7. The number of rotatable bonds is 8. The van der Waals surface area contributed by atoms with Crippen molar-refractivity contribution < 1.29 is 22.8 Å². The van der Waals surface area contributed by atoms with Crippen molar-refractivity contribution in [2.45, 2.75) is 57.0 Å². The van der Waals surface area contributed by atoms with Gasteiger partial charge in [-0.2, -0.15) is 0 Å². The topological polar surface area (TPSA) is 104 Å². The van der Waals surface area contributed by atoms with Crippen LogP contribution in [-0.2, 0) is 26.0 Å². The summed E-state index contributed by atoms with van der Waals surface area (Å²) >= 11 is 0. The van der Waals surface area contributed by atoms with Crippen LogP contribution in [0.5, 0.6) is 0 Å². The maximum absolute atomic E-state index is 13.2. The summed E-state index contributed by atoms with van der Waals surface area (Å²) in [6, 6.07) is 14.8. The lowest BCUT2D eigenvalue weighted by molar-refractivity contribution is -0.140. The Balaban J connectivity index is 1.75. The number of fused-ring (bicyclic) bond motifs is 1. The molecule has 0 spiro atoms. The van der Waals surface area contributed by atoms with Gasteiger partial charge in [-0.05, 0) is 51.8 Å². The molecule has 182 valence electrons. The highest BCUT2D eigenvalue weighted by atomic mass is 32.2. The van der Waals surface area contributed by atoms with Crippen LogP contribution < -0.4 is 5.32 Å². The second-order valence-electron chi connectivity index (χ2n) is 9.37. The molecule has 2 aromatic carbocycles. The molecular weight excluding hydrogens is 454 g/mol. The van der Waals surface area contributed by atoms with Gasteiger partial charge in [0.25, 0.3) is 15.9 Å². The van der Waals surface area contributed by atoms with Gasteiger partial charge in [0, 0.05) is 25.0 Å². The van der Waals surface area contributed by atoms with Gasteiger partial charge in [-0.1, -0.05) is 42.5 Å². The van der Waals surface area contributed by atoms with Crippen molar-refractivity contribution in [3.8, 4) is 0 Å². The first-order valence-electron chi connectivity index (χ1n) is 11.2. The van der Waals surface area contributed by atoms with E-state index in [0.29, 0.717) is 6.42 Å². The van der Waals surface area contributed by atoms with E-state index in [1.807, 2.05) is 51.1 Å². The summed E-state index contributed by atoms with van der Waals surface area (Å²) in [4.78, 5) is 40.1. The van der Waals surface area contributed by atoms with Crippen LogP contribution in [0.25, 0.3) is 0 Å². The van der Waals surface area contributed by atoms with E-state index in [2.05, 4.69) is 5.32 Å². The van der Waals surface area contributed by atoms with Gasteiger partial charge in [-0.15, -0.1) is 0 Å². The molecule has 0 bridgehead atoms. The van der Waals surface area contributed by atoms with Crippen molar-refractivity contribution in [1.82, 2.24) is 14.5 Å². The van der Waals surface area contributed by atoms with E-state index >= 15 is 0 Å². The van der Waals surface area contributed by atoms with Gasteiger partial charge in [0.05, 0.1) is 5.56 Å². The fraction of sp³-hybridized carbons (Fsp3) is 0.400. The van der Waals surface area contributed by atoms with Gasteiger partial charge in [-0.3, -0.25) is 14.4 Å². The number of carbonyl (C=O) groups is 3. The van der Waals surface area contributed by atoms with E-state index in [0.717, 1.165) is 9.87 Å². The van der Waals surface area contributed by atoms with Crippen molar-refractivity contribution in [3.63, 3.8) is 0 Å². The van der Waals surface area contributed by atoms with Gasteiger partial charge >= 0.3 is 0 Å². The predicted octanol–water partition coefficient (Wildman–Crippen LogP) is 2.60. The number of carbonyl (C=O) groups excluding carboxylic acids is 3. The van der Waals surface area contributed by atoms with Gasteiger partial charge in [-0.25, -0.2) is 12.7 Å². The molecule has 9 heteroatoms. The van der Waals surface area contributed by atoms with Crippen LogP contribution in [0.2, 0.25) is 0 Å². The van der Waals surface area contributed by atoms with Crippen molar-refractivity contribution >= 4 is 27.7 Å². The van der Waals surface area contributed by atoms with Crippen molar-refractivity contribution in [2.75, 3.05) is 13.1 Å². The average molecular weight is 486 g/mol. The number of nitrogens with one attached hydrogen (secondary N) is 1. The molecular formula is C25H31N3O5S. The van der Waals surface area contributed by atoms with Crippen molar-refractivity contribution in [1.29, 1.82) is 0 Å². The Morgan fingerprint density at radius 2 is 1.65 bits per heavy atom. The standard InChI is InChI=1S/C25H31N3O5S/c1-18(23(30)26-25(2,3)4)27(16-14-19-10-6-5-7-11-19)22(29)15-17-28-24(31)20-12-8-9-13-21(20)34(28,32)33/h5-13,18H,14-17H2,1-4H3,(H,26,30)/t18-/m1/s1. The minimum absolute atomic E-state index is 0.0497. The third kappa shape index (κ3) is 5.64. The fourth-order valence-corrected chi connectivity index (χ4v) is 5.41. The molecule has 1 atom stereocenters. The van der Waals surface area contributed by atoms with Crippen LogP contribution in [0.3, 0.4) is 0 Å². The molecule has 0 unspecified atom stereocenters. The molecule has 1 heterocycles. The molecule has 0 radical (unpaired) electrons. The lowest BCUT2D eigenvalue weighted by Crippen LogP contribution is -2.53. The lowest BCUT2D eigenvalue weighted by Gasteiger charge is -2.32. The zero-order valence-electron chi connectivity index (χ0n) is 19.9. The smallest absolute Gasteiger partial charge is 0.269 e. The van der Waals surface area contributed by atoms with E-state index in [4.69, 9.17) is 0 Å². The molecule has 2 aromatic rings. The normalized spacial score (nSPS) is 15.5. The van der Waals surface area contributed by atoms with Crippen LogP contribution in [-0.4, -0.2) is 60.0 Å². The summed E-state index contributed by atoms with van der Waals surface area (Å²) in [5.41, 5.74) is 0.645. The largest absolute Gasteiger partial charge is 0.350 e. The van der Waals surface area contributed by atoms with Crippen LogP contribution >= 0.6 is 0 Å². The number of hydrogen-bond acceptors (Lipinski definition) is 5. The Hall–Kier alpha value is -3.20. The zero-order valence-corrected chi connectivity index (χ0v) is 20.8. The van der Waals surface area contributed by atoms with Gasteiger partial charge < -0.3 is 10.2 Å². The molecule has 34 heavy (non-hydrogen) atoms. The molecule has 1 aliphatic rings. The minimum Gasteiger partial charge on any atom is -0.350 e. The summed E-state index contributed by atoms with van der Waals surface area (Å²) in [5.74, 6) is -1.34. The van der Waals surface area contributed by atoms with Crippen LogP contribution in [0.4, 0.5) is 0 Å². The maximum Gasteiger partial charge on any atom is 0.269 e. The molecule has 3 rings (SSSR count). The molecule has 0 fully saturated rings. The van der Waals surface area contributed by atoms with E-state index in [1.54, 1.807) is 19.1 Å². The van der Waals surface area contributed by atoms with E-state index in [1.165, 1.54) is 17.0 Å². The molecule has 0 aliphatic carbocycles. The molecule has 1 aliphatic heterocycles. The Morgan fingerprint density at radius 1 is 1.03 bits per heavy atom. The summed E-state index contributed by atoms with van der Waals surface area (Å²) < 4.78 is 26.3. The molecule has 0 saturated carbocycles. The Kier molecular flexibility index (Phi) is 7.45. The van der Waals surface area contributed by atoms with Crippen molar-refractivity contribution in [3.05, 3.63) is 65.7 Å². The van der Waals surface area contributed by atoms with E-state index < -0.39 is 33.4 Å². The number of hydrogen-bond donors (Lipinski definition) is 1. The number of sulfonamides is 1. The lowest BCUT2D eigenvalue weighted by atomic mass is 10.1. The predicted molar refractivity (Wildman–Crippen MR) is 128 cm³/mol. The summed E-state index contributed by atoms with van der Waals surface area (Å²) in [5, 5.41) is 2.89. The van der Waals surface area contributed by atoms with Crippen LogP contribution in [0, 0.1) is 0 Å². The second-order valence-corrected chi connectivity index (χ2v) is 11.2. The van der Waals surface area contributed by atoms with Gasteiger partial charge in [0.1, 0.15) is 10.9 Å². The fourth-order valence-electron chi connectivity index (χ4n) is 3.84. The Labute approximate surface area is 201 Å². The second kappa shape index (κ2) is 9.97. The molecule has 0 aromatic heterocycles. The molecule has 3 amide bonds. The van der Waals surface area contributed by atoms with Crippen LogP contribution in [0.1, 0.15) is 50.0 Å². The first-order chi connectivity index (χ1) is 15.9. The Morgan fingerprint density at radius 3 is 2.26 bits per heavy atom. The molecule has 0 saturated heterocycles. The highest BCUT2D eigenvalue weighted by molar-refractivity contribution is 7.90. The van der Waals surface area contributed by atoms with Crippen LogP contribution in [0.15, 0.2) is 59.5 Å². The third-order valence-electron chi connectivity index (χ3n) is 5.59. The van der Waals surface area contributed by atoms with Gasteiger partial charge in [0.15, 0.2) is 0 Å². The Bertz CT molecular complexity index is 1170. The quantitative estimate of drug-likeness (QED) is 0.619. The summed E-state index contributed by atoms with van der Waals surface area (Å²) in [6.07, 6.45) is 0.312. The summed E-state index contributed by atoms with van der Waals surface area (Å²) in [6.45, 7) is 7.21. The third-order valence-corrected chi connectivity index (χ3v) is 7.43. The van der Waals surface area contributed by atoms with E-state index in [-0.39, 0.29) is 35.9 Å². The first kappa shape index (κ1) is 25.4. The highest BCUT2D eigenvalue weighted by Gasteiger charge is 2.41. The van der Waals surface area contributed by atoms with Crippen molar-refractivity contribution in [2.24, 2.45) is 0 Å². The minimum atomic E-state index is -4.00. The van der Waals surface area contributed by atoms with E-state index in [9.17, 15) is 22.8 Å². The average Bonchev–Trinajstić information content (AvgIpc) is 2.97. The molecule has 8 nitrogen and oxygen atoms in total. The van der Waals surface area contributed by atoms with Gasteiger partial charge in [0.2, 0.25) is 11.8 Å². The number of benzene rings is 2.